The molecular formula is C16H24ClFN2O2. The third-order valence-corrected chi connectivity index (χ3v) is 3.95. The molecule has 1 fully saturated rings. The van der Waals surface area contributed by atoms with Crippen LogP contribution in [0, 0.1) is 5.82 Å². The Morgan fingerprint density at radius 2 is 2.23 bits per heavy atom. The first kappa shape index (κ1) is 18.7. The predicted molar refractivity (Wildman–Crippen MR) is 87.0 cm³/mol. The number of rotatable bonds is 5. The van der Waals surface area contributed by atoms with Gasteiger partial charge < -0.3 is 15.0 Å². The molecule has 0 bridgehead atoms. The molecule has 0 aromatic heterocycles. The summed E-state index contributed by atoms with van der Waals surface area (Å²) in [6.45, 7) is 6.19. The van der Waals surface area contributed by atoms with E-state index in [1.54, 1.807) is 12.1 Å². The first-order chi connectivity index (χ1) is 10.1. The Hall–Kier alpha value is -1.33. The molecule has 1 aromatic carbocycles. The van der Waals surface area contributed by atoms with Crippen LogP contribution in [0.2, 0.25) is 0 Å². The summed E-state index contributed by atoms with van der Waals surface area (Å²) in [5.74, 6) is 0.359. The zero-order valence-corrected chi connectivity index (χ0v) is 13.9. The fourth-order valence-electron chi connectivity index (χ4n) is 2.52. The highest BCUT2D eigenvalue weighted by atomic mass is 35.5. The molecule has 1 aliphatic rings. The lowest BCUT2D eigenvalue weighted by molar-refractivity contribution is -0.135. The number of nitrogens with one attached hydrogen (secondary N) is 1. The maximum Gasteiger partial charge on any atom is 0.223 e. The average Bonchev–Trinajstić information content (AvgIpc) is 2.46. The Balaban J connectivity index is 0.00000242. The number of benzene rings is 1. The SMILES string of the molecule is CC1NCCN(C(=O)CCCOc2cccc(F)c2)C1C.Cl. The number of carbonyl (C=O) groups excluding carboxylic acids is 1. The number of carbonyl (C=O) groups is 1. The Bertz CT molecular complexity index is 487. The molecule has 0 aliphatic carbocycles. The maximum absolute atomic E-state index is 13.0. The van der Waals surface area contributed by atoms with Gasteiger partial charge in [0.25, 0.3) is 0 Å². The van der Waals surface area contributed by atoms with Gasteiger partial charge in [-0.1, -0.05) is 6.07 Å². The molecule has 0 radical (unpaired) electrons. The summed E-state index contributed by atoms with van der Waals surface area (Å²) in [4.78, 5) is 14.1. The molecule has 0 saturated carbocycles. The Morgan fingerprint density at radius 3 is 2.95 bits per heavy atom. The number of ether oxygens (including phenoxy) is 1. The van der Waals surface area contributed by atoms with Gasteiger partial charge in [-0.3, -0.25) is 4.79 Å². The number of amides is 1. The van der Waals surface area contributed by atoms with Crippen LogP contribution < -0.4 is 10.1 Å². The fourth-order valence-corrected chi connectivity index (χ4v) is 2.52. The molecule has 1 saturated heterocycles. The van der Waals surface area contributed by atoms with Crippen LogP contribution in [0.4, 0.5) is 4.39 Å². The minimum atomic E-state index is -0.313. The van der Waals surface area contributed by atoms with E-state index in [0.717, 1.165) is 13.1 Å². The van der Waals surface area contributed by atoms with Crippen molar-refractivity contribution >= 4 is 18.3 Å². The highest BCUT2D eigenvalue weighted by Gasteiger charge is 2.27. The summed E-state index contributed by atoms with van der Waals surface area (Å²) in [5.41, 5.74) is 0. The van der Waals surface area contributed by atoms with Crippen LogP contribution >= 0.6 is 12.4 Å². The summed E-state index contributed by atoms with van der Waals surface area (Å²) in [7, 11) is 0. The zero-order chi connectivity index (χ0) is 15.2. The normalized spacial score (nSPS) is 21.1. The minimum absolute atomic E-state index is 0. The average molecular weight is 331 g/mol. The molecule has 2 unspecified atom stereocenters. The van der Waals surface area contributed by atoms with Crippen molar-refractivity contribution in [3.63, 3.8) is 0 Å². The summed E-state index contributed by atoms with van der Waals surface area (Å²) in [6, 6.07) is 6.59. The van der Waals surface area contributed by atoms with Crippen molar-refractivity contribution in [3.05, 3.63) is 30.1 Å². The quantitative estimate of drug-likeness (QED) is 0.844. The fraction of sp³-hybridized carbons (Fsp3) is 0.562. The number of hydrogen-bond donors (Lipinski definition) is 1. The van der Waals surface area contributed by atoms with Crippen molar-refractivity contribution < 1.29 is 13.9 Å². The van der Waals surface area contributed by atoms with E-state index >= 15 is 0 Å². The van der Waals surface area contributed by atoms with Crippen LogP contribution in [-0.2, 0) is 4.79 Å². The Kier molecular flexibility index (Phi) is 7.62. The Morgan fingerprint density at radius 1 is 1.45 bits per heavy atom. The van der Waals surface area contributed by atoms with E-state index in [9.17, 15) is 9.18 Å². The van der Waals surface area contributed by atoms with Crippen LogP contribution in [0.5, 0.6) is 5.75 Å². The van der Waals surface area contributed by atoms with E-state index in [4.69, 9.17) is 4.74 Å². The number of piperazine rings is 1. The third-order valence-electron chi connectivity index (χ3n) is 3.95. The topological polar surface area (TPSA) is 41.6 Å². The van der Waals surface area contributed by atoms with Crippen LogP contribution in [0.15, 0.2) is 24.3 Å². The monoisotopic (exact) mass is 330 g/mol. The van der Waals surface area contributed by atoms with Gasteiger partial charge >= 0.3 is 0 Å². The number of nitrogens with zero attached hydrogens (tertiary/aromatic N) is 1. The van der Waals surface area contributed by atoms with Gasteiger partial charge in [-0.25, -0.2) is 4.39 Å². The van der Waals surface area contributed by atoms with E-state index < -0.39 is 0 Å². The molecular weight excluding hydrogens is 307 g/mol. The summed E-state index contributed by atoms with van der Waals surface area (Å²) < 4.78 is 18.4. The second-order valence-electron chi connectivity index (χ2n) is 5.48. The minimum Gasteiger partial charge on any atom is -0.493 e. The van der Waals surface area contributed by atoms with Gasteiger partial charge in [0.2, 0.25) is 5.91 Å². The van der Waals surface area contributed by atoms with E-state index in [-0.39, 0.29) is 30.2 Å². The molecule has 1 aliphatic heterocycles. The molecule has 1 N–H and O–H groups in total. The lowest BCUT2D eigenvalue weighted by atomic mass is 10.1. The van der Waals surface area contributed by atoms with Crippen LogP contribution in [0.3, 0.4) is 0 Å². The van der Waals surface area contributed by atoms with Crippen LogP contribution in [0.1, 0.15) is 26.7 Å². The summed E-state index contributed by atoms with van der Waals surface area (Å²) >= 11 is 0. The first-order valence-electron chi connectivity index (χ1n) is 7.49. The van der Waals surface area contributed by atoms with Gasteiger partial charge in [-0.15, -0.1) is 12.4 Å². The highest BCUT2D eigenvalue weighted by Crippen LogP contribution is 2.14. The summed E-state index contributed by atoms with van der Waals surface area (Å²) in [5, 5.41) is 3.36. The van der Waals surface area contributed by atoms with Crippen molar-refractivity contribution in [1.29, 1.82) is 0 Å². The van der Waals surface area contributed by atoms with Gasteiger partial charge in [0.1, 0.15) is 11.6 Å². The van der Waals surface area contributed by atoms with Crippen LogP contribution in [-0.4, -0.2) is 42.6 Å². The molecule has 1 aromatic rings. The molecule has 1 heterocycles. The zero-order valence-electron chi connectivity index (χ0n) is 13.0. The molecule has 0 spiro atoms. The van der Waals surface area contributed by atoms with Crippen molar-refractivity contribution in [1.82, 2.24) is 10.2 Å². The lowest BCUT2D eigenvalue weighted by Gasteiger charge is -2.38. The van der Waals surface area contributed by atoms with Gasteiger partial charge in [0, 0.05) is 37.7 Å². The Labute approximate surface area is 137 Å². The third kappa shape index (κ3) is 5.14. The largest absolute Gasteiger partial charge is 0.493 e. The highest BCUT2D eigenvalue weighted by molar-refractivity contribution is 5.85. The second kappa shape index (κ2) is 8.96. The number of hydrogen-bond acceptors (Lipinski definition) is 3. The lowest BCUT2D eigenvalue weighted by Crippen LogP contribution is -2.57. The molecule has 6 heteroatoms. The summed E-state index contributed by atoms with van der Waals surface area (Å²) in [6.07, 6.45) is 1.10. The van der Waals surface area contributed by atoms with Crippen molar-refractivity contribution in [2.45, 2.75) is 38.8 Å². The molecule has 2 atom stereocenters. The molecule has 1 amide bonds. The van der Waals surface area contributed by atoms with E-state index in [1.165, 1.54) is 12.1 Å². The van der Waals surface area contributed by atoms with Crippen LogP contribution in [0.25, 0.3) is 0 Å². The van der Waals surface area contributed by atoms with Gasteiger partial charge in [-0.2, -0.15) is 0 Å². The standard InChI is InChI=1S/C16H23FN2O2.ClH/c1-12-13(2)19(9-8-18-12)16(20)7-4-10-21-15-6-3-5-14(17)11-15;/h3,5-6,11-13,18H,4,7-10H2,1-2H3;1H. The van der Waals surface area contributed by atoms with E-state index in [0.29, 0.717) is 31.2 Å². The van der Waals surface area contributed by atoms with E-state index in [2.05, 4.69) is 19.2 Å². The van der Waals surface area contributed by atoms with Crippen molar-refractivity contribution in [2.24, 2.45) is 0 Å². The predicted octanol–water partition coefficient (Wildman–Crippen LogP) is 2.62. The van der Waals surface area contributed by atoms with Gasteiger partial charge in [0.05, 0.1) is 6.61 Å². The number of halogens is 2. The molecule has 22 heavy (non-hydrogen) atoms. The molecule has 2 rings (SSSR count). The first-order valence-corrected chi connectivity index (χ1v) is 7.49. The van der Waals surface area contributed by atoms with Gasteiger partial charge in [0.15, 0.2) is 0 Å². The molecule has 124 valence electrons. The maximum atomic E-state index is 13.0. The molecule has 4 nitrogen and oxygen atoms in total. The van der Waals surface area contributed by atoms with Crippen molar-refractivity contribution in [2.75, 3.05) is 19.7 Å². The van der Waals surface area contributed by atoms with E-state index in [1.807, 2.05) is 4.90 Å². The smallest absolute Gasteiger partial charge is 0.223 e. The second-order valence-corrected chi connectivity index (χ2v) is 5.48. The van der Waals surface area contributed by atoms with Gasteiger partial charge in [-0.05, 0) is 32.4 Å². The van der Waals surface area contributed by atoms with Crippen molar-refractivity contribution in [3.8, 4) is 5.75 Å².